The maximum absolute atomic E-state index is 5.72. The number of hydrogen-bond acceptors (Lipinski definition) is 3. The summed E-state index contributed by atoms with van der Waals surface area (Å²) < 4.78 is 0. The lowest BCUT2D eigenvalue weighted by Gasteiger charge is -2.09. The Morgan fingerprint density at radius 1 is 1.31 bits per heavy atom. The van der Waals surface area contributed by atoms with Crippen LogP contribution in [0, 0.1) is 13.8 Å². The smallest absolute Gasteiger partial charge is 0.187 e. The molecule has 0 radical (unpaired) electrons. The second kappa shape index (κ2) is 4.85. The molecule has 2 aromatic rings. The van der Waals surface area contributed by atoms with Gasteiger partial charge < -0.3 is 5.32 Å². The quantitative estimate of drug-likeness (QED) is 0.827. The minimum Gasteiger partial charge on any atom is -0.331 e. The highest BCUT2D eigenvalue weighted by Crippen LogP contribution is 2.26. The zero-order chi connectivity index (χ0) is 11.5. The van der Waals surface area contributed by atoms with Crippen molar-refractivity contribution >= 4 is 33.8 Å². The standard InChI is InChI=1S/C12H13ClN2S/c1-8-4-3-5-9(2)11(8)15-12-14-10(6-13)7-16-12/h3-5,7H,6H2,1-2H3,(H,14,15). The van der Waals surface area contributed by atoms with Gasteiger partial charge in [-0.05, 0) is 25.0 Å². The van der Waals surface area contributed by atoms with Crippen molar-refractivity contribution in [3.05, 3.63) is 40.4 Å². The van der Waals surface area contributed by atoms with E-state index in [1.54, 1.807) is 11.3 Å². The fraction of sp³-hybridized carbons (Fsp3) is 0.250. The van der Waals surface area contributed by atoms with E-state index in [0.717, 1.165) is 16.5 Å². The number of nitrogens with zero attached hydrogens (tertiary/aromatic N) is 1. The molecular weight excluding hydrogens is 240 g/mol. The third-order valence-electron chi connectivity index (χ3n) is 2.40. The van der Waals surface area contributed by atoms with Crippen molar-refractivity contribution in [2.75, 3.05) is 5.32 Å². The van der Waals surface area contributed by atoms with Crippen LogP contribution < -0.4 is 5.32 Å². The SMILES string of the molecule is Cc1cccc(C)c1Nc1nc(CCl)cs1. The fourth-order valence-corrected chi connectivity index (χ4v) is 2.49. The molecule has 0 saturated carbocycles. The maximum atomic E-state index is 5.72. The van der Waals surface area contributed by atoms with Crippen LogP contribution in [0.5, 0.6) is 0 Å². The van der Waals surface area contributed by atoms with Crippen molar-refractivity contribution in [3.8, 4) is 0 Å². The predicted molar refractivity (Wildman–Crippen MR) is 70.9 cm³/mol. The monoisotopic (exact) mass is 252 g/mol. The Hall–Kier alpha value is -1.06. The number of alkyl halides is 1. The van der Waals surface area contributed by atoms with Crippen LogP contribution in [0.2, 0.25) is 0 Å². The molecule has 0 bridgehead atoms. The van der Waals surface area contributed by atoms with Crippen LogP contribution in [0.3, 0.4) is 0 Å². The summed E-state index contributed by atoms with van der Waals surface area (Å²) in [6.07, 6.45) is 0. The van der Waals surface area contributed by atoms with E-state index in [1.807, 2.05) is 5.38 Å². The van der Waals surface area contributed by atoms with E-state index in [-0.39, 0.29) is 0 Å². The predicted octanol–water partition coefficient (Wildman–Crippen LogP) is 4.24. The number of benzene rings is 1. The summed E-state index contributed by atoms with van der Waals surface area (Å²) in [4.78, 5) is 4.38. The van der Waals surface area contributed by atoms with Crippen LogP contribution in [0.4, 0.5) is 10.8 Å². The number of rotatable bonds is 3. The molecule has 0 aliphatic rings. The van der Waals surface area contributed by atoms with Crippen molar-refractivity contribution in [1.82, 2.24) is 4.98 Å². The number of halogens is 1. The van der Waals surface area contributed by atoms with Gasteiger partial charge in [0, 0.05) is 11.1 Å². The van der Waals surface area contributed by atoms with Gasteiger partial charge in [-0.1, -0.05) is 18.2 Å². The summed E-state index contributed by atoms with van der Waals surface area (Å²) in [7, 11) is 0. The highest BCUT2D eigenvalue weighted by molar-refractivity contribution is 7.13. The van der Waals surface area contributed by atoms with Gasteiger partial charge in [0.1, 0.15) is 0 Å². The summed E-state index contributed by atoms with van der Waals surface area (Å²) in [6.45, 7) is 4.18. The Morgan fingerprint density at radius 2 is 2.00 bits per heavy atom. The van der Waals surface area contributed by atoms with Crippen LogP contribution in [-0.2, 0) is 5.88 Å². The lowest BCUT2D eigenvalue weighted by Crippen LogP contribution is -1.95. The normalized spacial score (nSPS) is 10.4. The molecule has 0 aliphatic heterocycles. The second-order valence-corrected chi connectivity index (χ2v) is 4.79. The molecule has 0 spiro atoms. The van der Waals surface area contributed by atoms with E-state index in [9.17, 15) is 0 Å². The number of hydrogen-bond donors (Lipinski definition) is 1. The minimum atomic E-state index is 0.463. The molecule has 84 valence electrons. The van der Waals surface area contributed by atoms with E-state index in [0.29, 0.717) is 5.88 Å². The summed E-state index contributed by atoms with van der Waals surface area (Å²) in [5, 5.41) is 6.22. The summed E-state index contributed by atoms with van der Waals surface area (Å²) >= 11 is 7.30. The molecule has 1 aromatic carbocycles. The Bertz CT molecular complexity index is 473. The molecule has 2 rings (SSSR count). The third-order valence-corrected chi connectivity index (χ3v) is 3.48. The summed E-state index contributed by atoms with van der Waals surface area (Å²) in [6, 6.07) is 6.23. The van der Waals surface area contributed by atoms with E-state index >= 15 is 0 Å². The van der Waals surface area contributed by atoms with Crippen molar-refractivity contribution in [2.45, 2.75) is 19.7 Å². The van der Waals surface area contributed by atoms with Gasteiger partial charge >= 0.3 is 0 Å². The van der Waals surface area contributed by atoms with Crippen molar-refractivity contribution in [3.63, 3.8) is 0 Å². The van der Waals surface area contributed by atoms with Crippen LogP contribution in [-0.4, -0.2) is 4.98 Å². The van der Waals surface area contributed by atoms with Gasteiger partial charge in [-0.2, -0.15) is 0 Å². The van der Waals surface area contributed by atoms with Gasteiger partial charge in [-0.3, -0.25) is 0 Å². The van der Waals surface area contributed by atoms with Gasteiger partial charge in [0.25, 0.3) is 0 Å². The molecule has 0 amide bonds. The third kappa shape index (κ3) is 2.36. The van der Waals surface area contributed by atoms with Crippen molar-refractivity contribution < 1.29 is 0 Å². The van der Waals surface area contributed by atoms with Crippen molar-refractivity contribution in [2.24, 2.45) is 0 Å². The average Bonchev–Trinajstić information content (AvgIpc) is 2.71. The number of thiazole rings is 1. The van der Waals surface area contributed by atoms with E-state index in [1.165, 1.54) is 11.1 Å². The molecular formula is C12H13ClN2S. The second-order valence-electron chi connectivity index (χ2n) is 3.67. The highest BCUT2D eigenvalue weighted by atomic mass is 35.5. The molecule has 4 heteroatoms. The van der Waals surface area contributed by atoms with Crippen LogP contribution in [0.15, 0.2) is 23.6 Å². The van der Waals surface area contributed by atoms with Crippen LogP contribution >= 0.6 is 22.9 Å². The van der Waals surface area contributed by atoms with Crippen LogP contribution in [0.25, 0.3) is 0 Å². The maximum Gasteiger partial charge on any atom is 0.187 e. The molecule has 16 heavy (non-hydrogen) atoms. The highest BCUT2D eigenvalue weighted by Gasteiger charge is 2.05. The van der Waals surface area contributed by atoms with E-state index in [4.69, 9.17) is 11.6 Å². The lowest BCUT2D eigenvalue weighted by molar-refractivity contribution is 1.22. The summed E-state index contributed by atoms with van der Waals surface area (Å²) in [5.41, 5.74) is 4.50. The first-order valence-electron chi connectivity index (χ1n) is 5.04. The molecule has 1 heterocycles. The van der Waals surface area contributed by atoms with E-state index in [2.05, 4.69) is 42.3 Å². The Balaban J connectivity index is 2.26. The zero-order valence-electron chi connectivity index (χ0n) is 9.25. The number of aromatic nitrogens is 1. The molecule has 0 unspecified atom stereocenters. The molecule has 0 fully saturated rings. The fourth-order valence-electron chi connectivity index (χ4n) is 1.54. The van der Waals surface area contributed by atoms with Crippen LogP contribution in [0.1, 0.15) is 16.8 Å². The number of nitrogens with one attached hydrogen (secondary N) is 1. The average molecular weight is 253 g/mol. The van der Waals surface area contributed by atoms with Gasteiger partial charge in [-0.25, -0.2) is 4.98 Å². The van der Waals surface area contributed by atoms with Gasteiger partial charge in [0.15, 0.2) is 5.13 Å². The first-order valence-corrected chi connectivity index (χ1v) is 6.45. The largest absolute Gasteiger partial charge is 0.331 e. The topological polar surface area (TPSA) is 24.9 Å². The molecule has 0 atom stereocenters. The van der Waals surface area contributed by atoms with Gasteiger partial charge in [-0.15, -0.1) is 22.9 Å². The summed E-state index contributed by atoms with van der Waals surface area (Å²) in [5.74, 6) is 0.463. The molecule has 2 nitrogen and oxygen atoms in total. The van der Waals surface area contributed by atoms with E-state index < -0.39 is 0 Å². The molecule has 0 saturated heterocycles. The zero-order valence-corrected chi connectivity index (χ0v) is 10.8. The number of para-hydroxylation sites is 1. The van der Waals surface area contributed by atoms with Crippen molar-refractivity contribution in [1.29, 1.82) is 0 Å². The number of anilines is 2. The van der Waals surface area contributed by atoms with Gasteiger partial charge in [0.2, 0.25) is 0 Å². The molecule has 1 aromatic heterocycles. The van der Waals surface area contributed by atoms with Gasteiger partial charge in [0.05, 0.1) is 11.6 Å². The Labute approximate surface area is 104 Å². The first kappa shape index (κ1) is 11.4. The minimum absolute atomic E-state index is 0.463. The first-order chi connectivity index (χ1) is 7.70. The Morgan fingerprint density at radius 3 is 2.56 bits per heavy atom. The molecule has 1 N–H and O–H groups in total. The molecule has 0 aliphatic carbocycles. The lowest BCUT2D eigenvalue weighted by atomic mass is 10.1. The Kier molecular flexibility index (Phi) is 3.46. The number of aryl methyl sites for hydroxylation is 2.